The first kappa shape index (κ1) is 15.5. The van der Waals surface area contributed by atoms with Gasteiger partial charge < -0.3 is 10.6 Å². The lowest BCUT2D eigenvalue weighted by atomic mass is 10.1. The van der Waals surface area contributed by atoms with E-state index in [4.69, 9.17) is 0 Å². The third-order valence-corrected chi connectivity index (χ3v) is 2.85. The molecule has 2 aromatic carbocycles. The summed E-state index contributed by atoms with van der Waals surface area (Å²) < 4.78 is 0. The second kappa shape index (κ2) is 7.77. The standard InChI is InChI=1S/C15H18N2O.ClH/c1-2-16-9-10-17-15(18)14-8-7-12-5-3-4-6-13(12)11-14;/h3-8,11,16H,2,9-10H2,1H3,(H,17,18);1H. The lowest BCUT2D eigenvalue weighted by molar-refractivity contribution is 0.0954. The zero-order valence-corrected chi connectivity index (χ0v) is 11.8. The Balaban J connectivity index is 0.00000180. The van der Waals surface area contributed by atoms with E-state index in [0.29, 0.717) is 12.1 Å². The second-order valence-electron chi connectivity index (χ2n) is 4.17. The van der Waals surface area contributed by atoms with Gasteiger partial charge in [0.2, 0.25) is 0 Å². The van der Waals surface area contributed by atoms with Crippen molar-refractivity contribution >= 4 is 29.1 Å². The zero-order chi connectivity index (χ0) is 12.8. The van der Waals surface area contributed by atoms with E-state index >= 15 is 0 Å². The van der Waals surface area contributed by atoms with Gasteiger partial charge in [-0.3, -0.25) is 4.79 Å². The van der Waals surface area contributed by atoms with Crippen LogP contribution in [0.2, 0.25) is 0 Å². The molecule has 0 aliphatic rings. The predicted molar refractivity (Wildman–Crippen MR) is 82.1 cm³/mol. The molecule has 0 radical (unpaired) electrons. The van der Waals surface area contributed by atoms with Crippen molar-refractivity contribution < 1.29 is 4.79 Å². The van der Waals surface area contributed by atoms with E-state index in [2.05, 4.69) is 10.6 Å². The van der Waals surface area contributed by atoms with Crippen molar-refractivity contribution in [2.75, 3.05) is 19.6 Å². The minimum Gasteiger partial charge on any atom is -0.351 e. The van der Waals surface area contributed by atoms with Crippen LogP contribution in [0.5, 0.6) is 0 Å². The molecule has 2 N–H and O–H groups in total. The molecule has 0 unspecified atom stereocenters. The Morgan fingerprint density at radius 3 is 2.53 bits per heavy atom. The van der Waals surface area contributed by atoms with Crippen molar-refractivity contribution in [1.29, 1.82) is 0 Å². The summed E-state index contributed by atoms with van der Waals surface area (Å²) in [5.41, 5.74) is 0.713. The summed E-state index contributed by atoms with van der Waals surface area (Å²) in [7, 11) is 0. The molecular weight excluding hydrogens is 260 g/mol. The van der Waals surface area contributed by atoms with Gasteiger partial charge in [-0.15, -0.1) is 12.4 Å². The molecule has 0 aromatic heterocycles. The van der Waals surface area contributed by atoms with Crippen molar-refractivity contribution in [1.82, 2.24) is 10.6 Å². The smallest absolute Gasteiger partial charge is 0.251 e. The van der Waals surface area contributed by atoms with Crippen molar-refractivity contribution in [2.24, 2.45) is 0 Å². The van der Waals surface area contributed by atoms with E-state index in [1.807, 2.05) is 49.4 Å². The first-order chi connectivity index (χ1) is 8.81. The summed E-state index contributed by atoms with van der Waals surface area (Å²) in [6, 6.07) is 13.8. The Morgan fingerprint density at radius 2 is 1.79 bits per heavy atom. The maximum absolute atomic E-state index is 11.9. The van der Waals surface area contributed by atoms with Gasteiger partial charge in [0.05, 0.1) is 0 Å². The van der Waals surface area contributed by atoms with Crippen LogP contribution in [0, 0.1) is 0 Å². The highest BCUT2D eigenvalue weighted by Gasteiger charge is 2.04. The molecule has 0 spiro atoms. The fourth-order valence-corrected chi connectivity index (χ4v) is 1.87. The van der Waals surface area contributed by atoms with E-state index in [-0.39, 0.29) is 18.3 Å². The molecule has 0 saturated carbocycles. The molecular formula is C15H19ClN2O. The molecule has 0 heterocycles. The first-order valence-corrected chi connectivity index (χ1v) is 6.29. The van der Waals surface area contributed by atoms with Gasteiger partial charge in [0.15, 0.2) is 0 Å². The molecule has 1 amide bonds. The van der Waals surface area contributed by atoms with E-state index in [1.54, 1.807) is 0 Å². The normalized spacial score (nSPS) is 9.95. The first-order valence-electron chi connectivity index (χ1n) is 6.29. The summed E-state index contributed by atoms with van der Waals surface area (Å²) >= 11 is 0. The number of rotatable bonds is 5. The Morgan fingerprint density at radius 1 is 1.05 bits per heavy atom. The number of hydrogen-bond donors (Lipinski definition) is 2. The Hall–Kier alpha value is -1.58. The number of amides is 1. The van der Waals surface area contributed by atoms with Gasteiger partial charge in [0, 0.05) is 18.7 Å². The van der Waals surface area contributed by atoms with Gasteiger partial charge >= 0.3 is 0 Å². The monoisotopic (exact) mass is 278 g/mol. The lowest BCUT2D eigenvalue weighted by Gasteiger charge is -2.06. The minimum absolute atomic E-state index is 0. The molecule has 102 valence electrons. The molecule has 0 atom stereocenters. The van der Waals surface area contributed by atoms with Gasteiger partial charge in [-0.05, 0) is 29.4 Å². The highest BCUT2D eigenvalue weighted by molar-refractivity contribution is 5.98. The minimum atomic E-state index is -0.0151. The third-order valence-electron chi connectivity index (χ3n) is 2.85. The summed E-state index contributed by atoms with van der Waals surface area (Å²) in [5, 5.41) is 8.32. The van der Waals surface area contributed by atoms with Crippen molar-refractivity contribution in [2.45, 2.75) is 6.92 Å². The molecule has 2 rings (SSSR count). The van der Waals surface area contributed by atoms with E-state index in [1.165, 1.54) is 0 Å². The molecule has 2 aromatic rings. The molecule has 4 heteroatoms. The molecule has 0 aliphatic carbocycles. The molecule has 3 nitrogen and oxygen atoms in total. The summed E-state index contributed by atoms with van der Waals surface area (Å²) in [5.74, 6) is -0.0151. The maximum Gasteiger partial charge on any atom is 0.251 e. The van der Waals surface area contributed by atoms with Crippen LogP contribution in [-0.2, 0) is 0 Å². The quantitative estimate of drug-likeness (QED) is 0.826. The van der Waals surface area contributed by atoms with Crippen LogP contribution in [0.4, 0.5) is 0 Å². The number of likely N-dealkylation sites (N-methyl/N-ethyl adjacent to an activating group) is 1. The Labute approximate surface area is 119 Å². The highest BCUT2D eigenvalue weighted by Crippen LogP contribution is 2.15. The molecule has 0 aliphatic heterocycles. The zero-order valence-electron chi connectivity index (χ0n) is 11.0. The van der Waals surface area contributed by atoms with Crippen LogP contribution < -0.4 is 10.6 Å². The maximum atomic E-state index is 11.9. The third kappa shape index (κ3) is 4.23. The highest BCUT2D eigenvalue weighted by atomic mass is 35.5. The van der Waals surface area contributed by atoms with Gasteiger partial charge in [-0.25, -0.2) is 0 Å². The number of fused-ring (bicyclic) bond motifs is 1. The number of hydrogen-bond acceptors (Lipinski definition) is 2. The van der Waals surface area contributed by atoms with Gasteiger partial charge in [-0.2, -0.15) is 0 Å². The lowest BCUT2D eigenvalue weighted by Crippen LogP contribution is -2.31. The van der Waals surface area contributed by atoms with E-state index < -0.39 is 0 Å². The number of halogens is 1. The number of benzene rings is 2. The van der Waals surface area contributed by atoms with Gasteiger partial charge in [0.1, 0.15) is 0 Å². The summed E-state index contributed by atoms with van der Waals surface area (Å²) in [4.78, 5) is 11.9. The van der Waals surface area contributed by atoms with E-state index in [0.717, 1.165) is 23.9 Å². The summed E-state index contributed by atoms with van der Waals surface area (Å²) in [6.45, 7) is 4.42. The Kier molecular flexibility index (Phi) is 6.33. The average Bonchev–Trinajstić information content (AvgIpc) is 2.43. The molecule has 0 saturated heterocycles. The van der Waals surface area contributed by atoms with Crippen molar-refractivity contribution in [3.8, 4) is 0 Å². The van der Waals surface area contributed by atoms with E-state index in [9.17, 15) is 4.79 Å². The van der Waals surface area contributed by atoms with Crippen LogP contribution in [0.3, 0.4) is 0 Å². The van der Waals surface area contributed by atoms with Gasteiger partial charge in [0.25, 0.3) is 5.91 Å². The number of nitrogens with one attached hydrogen (secondary N) is 2. The molecule has 0 fully saturated rings. The van der Waals surface area contributed by atoms with Crippen molar-refractivity contribution in [3.05, 3.63) is 48.0 Å². The number of carbonyl (C=O) groups is 1. The van der Waals surface area contributed by atoms with Crippen LogP contribution in [0.15, 0.2) is 42.5 Å². The fourth-order valence-electron chi connectivity index (χ4n) is 1.87. The largest absolute Gasteiger partial charge is 0.351 e. The SMILES string of the molecule is CCNCCNC(=O)c1ccc2ccccc2c1.Cl. The Bertz CT molecular complexity index is 542. The average molecular weight is 279 g/mol. The molecule has 0 bridgehead atoms. The summed E-state index contributed by atoms with van der Waals surface area (Å²) in [6.07, 6.45) is 0. The second-order valence-corrected chi connectivity index (χ2v) is 4.17. The van der Waals surface area contributed by atoms with Crippen LogP contribution in [0.1, 0.15) is 17.3 Å². The van der Waals surface area contributed by atoms with Crippen molar-refractivity contribution in [3.63, 3.8) is 0 Å². The fraction of sp³-hybridized carbons (Fsp3) is 0.267. The van der Waals surface area contributed by atoms with Gasteiger partial charge in [-0.1, -0.05) is 37.3 Å². The molecule has 19 heavy (non-hydrogen) atoms. The van der Waals surface area contributed by atoms with Crippen LogP contribution in [-0.4, -0.2) is 25.5 Å². The topological polar surface area (TPSA) is 41.1 Å². The van der Waals surface area contributed by atoms with Crippen LogP contribution >= 0.6 is 12.4 Å². The van der Waals surface area contributed by atoms with Crippen LogP contribution in [0.25, 0.3) is 10.8 Å². The number of carbonyl (C=O) groups excluding carboxylic acids is 1. The predicted octanol–water partition coefficient (Wildman–Crippen LogP) is 2.60.